The van der Waals surface area contributed by atoms with Gasteiger partial charge in [-0.05, 0) is 29.8 Å². The Bertz CT molecular complexity index is 638. The topological polar surface area (TPSA) is 47.9 Å². The minimum atomic E-state index is -0.546. The van der Waals surface area contributed by atoms with Gasteiger partial charge in [-0.25, -0.2) is 0 Å². The van der Waals surface area contributed by atoms with E-state index in [0.29, 0.717) is 17.9 Å². The zero-order valence-corrected chi connectivity index (χ0v) is 12.1. The van der Waals surface area contributed by atoms with Crippen molar-refractivity contribution in [1.29, 1.82) is 0 Å². The van der Waals surface area contributed by atoms with E-state index in [2.05, 4.69) is 0 Å². The van der Waals surface area contributed by atoms with Gasteiger partial charge >= 0.3 is 0 Å². The predicted octanol–water partition coefficient (Wildman–Crippen LogP) is 3.26. The lowest BCUT2D eigenvalue weighted by molar-refractivity contribution is 0.0654. The Hall–Kier alpha value is -2.20. The number of fused-ring (bicyclic) bond motifs is 1. The molecule has 0 amide bonds. The predicted molar refractivity (Wildman–Crippen MR) is 78.9 cm³/mol. The summed E-state index contributed by atoms with van der Waals surface area (Å²) in [5, 5.41) is 10.3. The third-order valence-electron chi connectivity index (χ3n) is 3.75. The zero-order valence-electron chi connectivity index (χ0n) is 12.1. The molecule has 0 radical (unpaired) electrons. The highest BCUT2D eigenvalue weighted by Crippen LogP contribution is 2.42. The van der Waals surface area contributed by atoms with Crippen molar-refractivity contribution in [2.45, 2.75) is 18.6 Å². The van der Waals surface area contributed by atoms with Crippen LogP contribution in [0.2, 0.25) is 0 Å². The molecule has 0 aliphatic carbocycles. The van der Waals surface area contributed by atoms with Crippen LogP contribution in [-0.2, 0) is 0 Å². The number of ether oxygens (including phenoxy) is 3. The third kappa shape index (κ3) is 2.67. The van der Waals surface area contributed by atoms with Gasteiger partial charge in [0.15, 0.2) is 0 Å². The van der Waals surface area contributed by atoms with Gasteiger partial charge in [-0.2, -0.15) is 0 Å². The molecule has 0 saturated carbocycles. The number of aliphatic hydroxyl groups is 1. The van der Waals surface area contributed by atoms with E-state index in [1.807, 2.05) is 42.5 Å². The second-order valence-corrected chi connectivity index (χ2v) is 5.04. The molecule has 0 saturated heterocycles. The average molecular weight is 286 g/mol. The first-order valence-electron chi connectivity index (χ1n) is 6.88. The van der Waals surface area contributed by atoms with E-state index in [9.17, 15) is 5.11 Å². The molecule has 3 rings (SSSR count). The van der Waals surface area contributed by atoms with Gasteiger partial charge in [-0.3, -0.25) is 0 Å². The Morgan fingerprint density at radius 3 is 2.57 bits per heavy atom. The first kappa shape index (κ1) is 13.8. The number of aliphatic hydroxyl groups excluding tert-OH is 1. The van der Waals surface area contributed by atoms with Gasteiger partial charge in [0.1, 0.15) is 23.4 Å². The molecule has 4 nitrogen and oxygen atoms in total. The average Bonchev–Trinajstić information content (AvgIpc) is 2.54. The van der Waals surface area contributed by atoms with Crippen LogP contribution >= 0.6 is 0 Å². The molecular formula is C17H18O4. The van der Waals surface area contributed by atoms with Crippen molar-refractivity contribution in [2.75, 3.05) is 14.2 Å². The first-order valence-corrected chi connectivity index (χ1v) is 6.88. The highest BCUT2D eigenvalue weighted by molar-refractivity contribution is 5.44. The second kappa shape index (κ2) is 5.66. The number of rotatable bonds is 3. The number of hydrogen-bond acceptors (Lipinski definition) is 4. The molecule has 2 aromatic rings. The maximum atomic E-state index is 10.3. The van der Waals surface area contributed by atoms with Crippen molar-refractivity contribution in [1.82, 2.24) is 0 Å². The zero-order chi connectivity index (χ0) is 14.8. The van der Waals surface area contributed by atoms with Crippen LogP contribution in [0.15, 0.2) is 42.5 Å². The van der Waals surface area contributed by atoms with Crippen LogP contribution in [0.25, 0.3) is 0 Å². The summed E-state index contributed by atoms with van der Waals surface area (Å²) in [6.45, 7) is 0. The molecule has 0 spiro atoms. The molecule has 2 atom stereocenters. The molecule has 1 N–H and O–H groups in total. The van der Waals surface area contributed by atoms with Gasteiger partial charge in [0.25, 0.3) is 0 Å². The molecule has 1 unspecified atom stereocenters. The fraction of sp³-hybridized carbons (Fsp3) is 0.294. The Kier molecular flexibility index (Phi) is 3.71. The third-order valence-corrected chi connectivity index (χ3v) is 3.75. The van der Waals surface area contributed by atoms with E-state index in [-0.39, 0.29) is 6.10 Å². The van der Waals surface area contributed by atoms with Crippen molar-refractivity contribution >= 4 is 0 Å². The maximum absolute atomic E-state index is 10.3. The lowest BCUT2D eigenvalue weighted by Gasteiger charge is -2.30. The molecule has 2 aromatic carbocycles. The molecule has 1 heterocycles. The van der Waals surface area contributed by atoms with Crippen LogP contribution in [-0.4, -0.2) is 19.3 Å². The summed E-state index contributed by atoms with van der Waals surface area (Å²) < 4.78 is 16.5. The lowest BCUT2D eigenvalue weighted by atomic mass is 9.95. The van der Waals surface area contributed by atoms with E-state index in [1.54, 1.807) is 14.2 Å². The molecule has 0 aromatic heterocycles. The Labute approximate surface area is 123 Å². The monoisotopic (exact) mass is 286 g/mol. The molecule has 110 valence electrons. The molecule has 0 fully saturated rings. The van der Waals surface area contributed by atoms with E-state index in [0.717, 1.165) is 16.9 Å². The van der Waals surface area contributed by atoms with E-state index in [1.165, 1.54) is 0 Å². The van der Waals surface area contributed by atoms with Crippen molar-refractivity contribution in [3.8, 4) is 17.2 Å². The first-order chi connectivity index (χ1) is 10.2. The number of benzene rings is 2. The highest BCUT2D eigenvalue weighted by atomic mass is 16.5. The van der Waals surface area contributed by atoms with Crippen molar-refractivity contribution in [3.05, 3.63) is 53.6 Å². The summed E-state index contributed by atoms with van der Waals surface area (Å²) >= 11 is 0. The molecule has 1 aliphatic rings. The maximum Gasteiger partial charge on any atom is 0.129 e. The molecule has 21 heavy (non-hydrogen) atoms. The summed E-state index contributed by atoms with van der Waals surface area (Å²) in [7, 11) is 3.25. The smallest absolute Gasteiger partial charge is 0.129 e. The summed E-state index contributed by atoms with van der Waals surface area (Å²) in [6, 6.07) is 13.2. The summed E-state index contributed by atoms with van der Waals surface area (Å²) in [5.41, 5.74) is 1.79. The normalized spacial score (nSPS) is 20.3. The van der Waals surface area contributed by atoms with Crippen LogP contribution in [0.3, 0.4) is 0 Å². The standard InChI is InChI=1S/C17H18O4/c1-19-12-5-3-4-11(8-12)16-10-15(18)14-7-6-13(20-2)9-17(14)21-16/h3-9,15-16,18H,10H2,1-2H3/t15-,16?/m1/s1. The van der Waals surface area contributed by atoms with Gasteiger partial charge in [0, 0.05) is 18.1 Å². The van der Waals surface area contributed by atoms with Crippen LogP contribution in [0, 0.1) is 0 Å². The Morgan fingerprint density at radius 2 is 1.81 bits per heavy atom. The molecule has 1 aliphatic heterocycles. The molecule has 4 heteroatoms. The highest BCUT2D eigenvalue weighted by Gasteiger charge is 2.28. The second-order valence-electron chi connectivity index (χ2n) is 5.04. The summed E-state index contributed by atoms with van der Waals surface area (Å²) in [4.78, 5) is 0. The van der Waals surface area contributed by atoms with Gasteiger partial charge < -0.3 is 19.3 Å². The minimum Gasteiger partial charge on any atom is -0.497 e. The Morgan fingerprint density at radius 1 is 1.05 bits per heavy atom. The SMILES string of the molecule is COc1cccc(C2C[C@@H](O)c3ccc(OC)cc3O2)c1. The van der Waals surface area contributed by atoms with Gasteiger partial charge in [0.2, 0.25) is 0 Å². The lowest BCUT2D eigenvalue weighted by Crippen LogP contribution is -2.19. The van der Waals surface area contributed by atoms with Crippen LogP contribution < -0.4 is 14.2 Å². The van der Waals surface area contributed by atoms with E-state index >= 15 is 0 Å². The number of methoxy groups -OCH3 is 2. The van der Waals surface area contributed by atoms with Crippen LogP contribution in [0.1, 0.15) is 29.8 Å². The van der Waals surface area contributed by atoms with Gasteiger partial charge in [0.05, 0.1) is 20.3 Å². The summed E-state index contributed by atoms with van der Waals surface area (Å²) in [6.07, 6.45) is -0.225. The van der Waals surface area contributed by atoms with E-state index < -0.39 is 6.10 Å². The summed E-state index contributed by atoms with van der Waals surface area (Å²) in [5.74, 6) is 2.16. The van der Waals surface area contributed by atoms with Crippen LogP contribution in [0.5, 0.6) is 17.2 Å². The fourth-order valence-corrected chi connectivity index (χ4v) is 2.60. The Balaban J connectivity index is 1.92. The van der Waals surface area contributed by atoms with Gasteiger partial charge in [-0.15, -0.1) is 0 Å². The largest absolute Gasteiger partial charge is 0.497 e. The van der Waals surface area contributed by atoms with Crippen LogP contribution in [0.4, 0.5) is 0 Å². The number of hydrogen-bond donors (Lipinski definition) is 1. The minimum absolute atomic E-state index is 0.199. The quantitative estimate of drug-likeness (QED) is 0.941. The van der Waals surface area contributed by atoms with E-state index in [4.69, 9.17) is 14.2 Å². The van der Waals surface area contributed by atoms with Crippen molar-refractivity contribution in [3.63, 3.8) is 0 Å². The fourth-order valence-electron chi connectivity index (χ4n) is 2.60. The molecular weight excluding hydrogens is 268 g/mol. The van der Waals surface area contributed by atoms with Crippen molar-refractivity contribution < 1.29 is 19.3 Å². The van der Waals surface area contributed by atoms with Gasteiger partial charge in [-0.1, -0.05) is 12.1 Å². The molecule has 0 bridgehead atoms. The van der Waals surface area contributed by atoms with Crippen molar-refractivity contribution in [2.24, 2.45) is 0 Å².